The zero-order valence-corrected chi connectivity index (χ0v) is 15.3. The predicted molar refractivity (Wildman–Crippen MR) is 99.4 cm³/mol. The van der Waals surface area contributed by atoms with Gasteiger partial charge >= 0.3 is 0 Å². The number of ether oxygens (including phenoxy) is 1. The molecule has 2 rings (SSSR count). The topological polar surface area (TPSA) is 62.1 Å². The van der Waals surface area contributed by atoms with Crippen LogP contribution in [0.5, 0.6) is 5.75 Å². The number of nitrogens with one attached hydrogen (secondary N) is 1. The summed E-state index contributed by atoms with van der Waals surface area (Å²) in [6.45, 7) is 5.25. The van der Waals surface area contributed by atoms with Crippen LogP contribution in [-0.4, -0.2) is 18.1 Å². The van der Waals surface area contributed by atoms with Gasteiger partial charge < -0.3 is 10.1 Å². The van der Waals surface area contributed by atoms with Crippen molar-refractivity contribution in [3.8, 4) is 22.9 Å². The summed E-state index contributed by atoms with van der Waals surface area (Å²) in [5.41, 5.74) is 1.09. The number of nitrogens with zero attached hydrogens (tertiary/aromatic N) is 1. The number of hydrogen-bond donors (Lipinski definition) is 1. The molecule has 1 amide bonds. The quantitative estimate of drug-likeness (QED) is 0.832. The number of nitriles is 1. The summed E-state index contributed by atoms with van der Waals surface area (Å²) in [6, 6.07) is 17.4. The van der Waals surface area contributed by atoms with Gasteiger partial charge in [-0.25, -0.2) is 0 Å². The molecule has 0 saturated heterocycles. The number of carbonyl (C=O) groups excluding carboxylic acids is 1. The van der Waals surface area contributed by atoms with Crippen LogP contribution in [0.3, 0.4) is 0 Å². The fraction of sp³-hybridized carbons (Fsp3) is 0.300. The highest BCUT2D eigenvalue weighted by atomic mass is 35.5. The van der Waals surface area contributed by atoms with E-state index in [2.05, 4.69) is 11.4 Å². The van der Waals surface area contributed by atoms with Gasteiger partial charge in [0.1, 0.15) is 11.3 Å². The molecule has 1 atom stereocenters. The first-order chi connectivity index (χ1) is 11.9. The van der Waals surface area contributed by atoms with Gasteiger partial charge in [-0.3, -0.25) is 4.79 Å². The Labute approximate surface area is 153 Å². The van der Waals surface area contributed by atoms with Gasteiger partial charge in [-0.15, -0.1) is 0 Å². The Morgan fingerprint density at radius 3 is 2.48 bits per heavy atom. The Bertz CT molecular complexity index is 784. The lowest BCUT2D eigenvalue weighted by Crippen LogP contribution is -2.50. The molecule has 0 spiro atoms. The Hall–Kier alpha value is -2.51. The van der Waals surface area contributed by atoms with E-state index in [-0.39, 0.29) is 18.4 Å². The molecule has 4 nitrogen and oxygen atoms in total. The molecule has 5 heteroatoms. The Kier molecular flexibility index (Phi) is 6.06. The van der Waals surface area contributed by atoms with Crippen molar-refractivity contribution in [1.82, 2.24) is 5.32 Å². The molecular formula is C20H21ClN2O2. The number of hydrogen-bond acceptors (Lipinski definition) is 3. The van der Waals surface area contributed by atoms with Gasteiger partial charge in [0.15, 0.2) is 6.61 Å². The van der Waals surface area contributed by atoms with Gasteiger partial charge in [0, 0.05) is 0 Å². The molecule has 2 aromatic rings. The van der Waals surface area contributed by atoms with E-state index in [1.54, 1.807) is 19.1 Å². The van der Waals surface area contributed by atoms with Crippen molar-refractivity contribution in [2.75, 3.05) is 6.61 Å². The van der Waals surface area contributed by atoms with Gasteiger partial charge in [0.25, 0.3) is 5.91 Å². The van der Waals surface area contributed by atoms with E-state index in [9.17, 15) is 10.1 Å². The number of halogens is 1. The summed E-state index contributed by atoms with van der Waals surface area (Å²) in [7, 11) is 0. The monoisotopic (exact) mass is 356 g/mol. The third-order valence-corrected chi connectivity index (χ3v) is 4.48. The number of amides is 1. The second kappa shape index (κ2) is 8.04. The summed E-state index contributed by atoms with van der Waals surface area (Å²) in [5, 5.41) is 12.4. The van der Waals surface area contributed by atoms with Crippen molar-refractivity contribution >= 4 is 17.5 Å². The maximum Gasteiger partial charge on any atom is 0.259 e. The van der Waals surface area contributed by atoms with E-state index >= 15 is 0 Å². The van der Waals surface area contributed by atoms with Crippen LogP contribution in [0.1, 0.15) is 20.8 Å². The van der Waals surface area contributed by atoms with E-state index in [4.69, 9.17) is 16.3 Å². The Morgan fingerprint density at radius 2 is 1.92 bits per heavy atom. The van der Waals surface area contributed by atoms with Crippen molar-refractivity contribution in [1.29, 1.82) is 5.26 Å². The number of benzene rings is 2. The summed E-state index contributed by atoms with van der Waals surface area (Å²) >= 11 is 6.26. The SMILES string of the molecule is CC(C)C(C)(C#N)NC(=O)COc1ccc(-c2ccccc2)cc1Cl. The molecule has 0 heterocycles. The van der Waals surface area contributed by atoms with Gasteiger partial charge in [-0.2, -0.15) is 5.26 Å². The molecule has 0 aliphatic heterocycles. The first-order valence-corrected chi connectivity index (χ1v) is 8.43. The fourth-order valence-corrected chi connectivity index (χ4v) is 2.43. The van der Waals surface area contributed by atoms with E-state index in [0.29, 0.717) is 10.8 Å². The zero-order chi connectivity index (χ0) is 18.4. The normalized spacial score (nSPS) is 13.0. The molecule has 0 aromatic heterocycles. The Balaban J connectivity index is 2.02. The van der Waals surface area contributed by atoms with Crippen molar-refractivity contribution in [3.05, 3.63) is 53.6 Å². The van der Waals surface area contributed by atoms with Crippen molar-refractivity contribution in [2.45, 2.75) is 26.3 Å². The van der Waals surface area contributed by atoms with Gasteiger partial charge in [0.2, 0.25) is 0 Å². The van der Waals surface area contributed by atoms with Crippen LogP contribution in [0.25, 0.3) is 11.1 Å². The van der Waals surface area contributed by atoms with Crippen LogP contribution in [0.15, 0.2) is 48.5 Å². The maximum absolute atomic E-state index is 12.1. The summed E-state index contributed by atoms with van der Waals surface area (Å²) in [4.78, 5) is 12.1. The van der Waals surface area contributed by atoms with Gasteiger partial charge in [-0.05, 0) is 36.1 Å². The first kappa shape index (κ1) is 18.8. The molecule has 2 aromatic carbocycles. The summed E-state index contributed by atoms with van der Waals surface area (Å²) < 4.78 is 5.51. The molecule has 0 saturated carbocycles. The van der Waals surface area contributed by atoms with Gasteiger partial charge in [0.05, 0.1) is 11.1 Å². The average Bonchev–Trinajstić information content (AvgIpc) is 2.61. The van der Waals surface area contributed by atoms with E-state index < -0.39 is 5.54 Å². The minimum absolute atomic E-state index is 0.0183. The second-order valence-electron chi connectivity index (χ2n) is 6.32. The van der Waals surface area contributed by atoms with E-state index in [1.807, 2.05) is 50.2 Å². The lowest BCUT2D eigenvalue weighted by Gasteiger charge is -2.27. The molecule has 130 valence electrons. The molecule has 0 aliphatic carbocycles. The lowest BCUT2D eigenvalue weighted by atomic mass is 9.90. The van der Waals surface area contributed by atoms with Gasteiger partial charge in [-0.1, -0.05) is 61.8 Å². The zero-order valence-electron chi connectivity index (χ0n) is 14.5. The smallest absolute Gasteiger partial charge is 0.259 e. The minimum atomic E-state index is -0.929. The van der Waals surface area contributed by atoms with Crippen LogP contribution in [0, 0.1) is 17.2 Å². The van der Waals surface area contributed by atoms with E-state index in [1.165, 1.54) is 0 Å². The molecule has 0 fully saturated rings. The number of rotatable bonds is 6. The van der Waals surface area contributed by atoms with Crippen molar-refractivity contribution < 1.29 is 9.53 Å². The molecule has 25 heavy (non-hydrogen) atoms. The first-order valence-electron chi connectivity index (χ1n) is 8.06. The molecule has 0 bridgehead atoms. The summed E-state index contributed by atoms with van der Waals surface area (Å²) in [5.74, 6) is 0.0517. The predicted octanol–water partition coefficient (Wildman–Crippen LogP) is 4.44. The third kappa shape index (κ3) is 4.74. The molecular weight excluding hydrogens is 336 g/mol. The fourth-order valence-electron chi connectivity index (χ4n) is 2.20. The van der Waals surface area contributed by atoms with Crippen molar-refractivity contribution in [2.24, 2.45) is 5.92 Å². The Morgan fingerprint density at radius 1 is 1.24 bits per heavy atom. The highest BCUT2D eigenvalue weighted by Crippen LogP contribution is 2.30. The van der Waals surface area contributed by atoms with Crippen LogP contribution in [-0.2, 0) is 4.79 Å². The maximum atomic E-state index is 12.1. The molecule has 0 aliphatic rings. The molecule has 1 unspecified atom stereocenters. The average molecular weight is 357 g/mol. The van der Waals surface area contributed by atoms with Crippen LogP contribution < -0.4 is 10.1 Å². The van der Waals surface area contributed by atoms with E-state index in [0.717, 1.165) is 11.1 Å². The standard InChI is InChI=1S/C20H21ClN2O2/c1-14(2)20(3,13-22)23-19(24)12-25-18-10-9-16(11-17(18)21)15-7-5-4-6-8-15/h4-11,14H,12H2,1-3H3,(H,23,24). The van der Waals surface area contributed by atoms with Crippen molar-refractivity contribution in [3.63, 3.8) is 0 Å². The molecule has 1 N–H and O–H groups in total. The third-order valence-electron chi connectivity index (χ3n) is 4.18. The summed E-state index contributed by atoms with van der Waals surface area (Å²) in [6.07, 6.45) is 0. The lowest BCUT2D eigenvalue weighted by molar-refractivity contribution is -0.124. The van der Waals surface area contributed by atoms with Crippen LogP contribution >= 0.6 is 11.6 Å². The largest absolute Gasteiger partial charge is 0.482 e. The minimum Gasteiger partial charge on any atom is -0.482 e. The highest BCUT2D eigenvalue weighted by molar-refractivity contribution is 6.32. The van der Waals surface area contributed by atoms with Crippen LogP contribution in [0.4, 0.5) is 0 Å². The number of carbonyl (C=O) groups is 1. The molecule has 0 radical (unpaired) electrons. The van der Waals surface area contributed by atoms with Crippen LogP contribution in [0.2, 0.25) is 5.02 Å². The highest BCUT2D eigenvalue weighted by Gasteiger charge is 2.30. The second-order valence-corrected chi connectivity index (χ2v) is 6.72.